The monoisotopic (exact) mass is 610 g/mol. The van der Waals surface area contributed by atoms with E-state index in [1.54, 1.807) is 20.3 Å². The Bertz CT molecular complexity index is 1770. The third-order valence-corrected chi connectivity index (χ3v) is 10.1. The van der Waals surface area contributed by atoms with Crippen LogP contribution in [0.3, 0.4) is 0 Å². The van der Waals surface area contributed by atoms with E-state index in [4.69, 9.17) is 18.9 Å². The molecule has 8 nitrogen and oxygen atoms in total. The average Bonchev–Trinajstić information content (AvgIpc) is 3.03. The van der Waals surface area contributed by atoms with Crippen molar-refractivity contribution in [2.75, 3.05) is 48.5 Å². The Kier molecular flexibility index (Phi) is 7.29. The van der Waals surface area contributed by atoms with E-state index in [9.17, 15) is 10.2 Å². The van der Waals surface area contributed by atoms with Crippen molar-refractivity contribution in [1.82, 2.24) is 0 Å². The highest BCUT2D eigenvalue weighted by molar-refractivity contribution is 5.61. The summed E-state index contributed by atoms with van der Waals surface area (Å²) >= 11 is 0. The lowest BCUT2D eigenvalue weighted by Gasteiger charge is -2.43. The van der Waals surface area contributed by atoms with Gasteiger partial charge in [0.05, 0.1) is 54.0 Å². The second-order valence-corrected chi connectivity index (χ2v) is 13.3. The predicted molar refractivity (Wildman–Crippen MR) is 171 cm³/mol. The lowest BCUT2D eigenvalue weighted by Crippen LogP contribution is -3.10. The Balaban J connectivity index is 1.43. The van der Waals surface area contributed by atoms with Gasteiger partial charge in [0.15, 0.2) is 34.5 Å². The SMILES string of the molecule is COc1cc2c3cc1Oc1cc(ccc1O)CC1c4c(cc(OC)c(O)c4Oc4ccc(cc4)CC3[NH+](C)CC2)CC[N+]1(C)C. The molecule has 0 aliphatic carbocycles. The van der Waals surface area contributed by atoms with Gasteiger partial charge in [-0.3, -0.25) is 0 Å². The molecule has 3 N–H and O–H groups in total. The molecule has 3 atom stereocenters. The molecule has 0 saturated carbocycles. The molecule has 8 rings (SSSR count). The fourth-order valence-corrected chi connectivity index (χ4v) is 7.39. The molecule has 0 fully saturated rings. The molecule has 0 saturated heterocycles. The summed E-state index contributed by atoms with van der Waals surface area (Å²) in [5, 5.41) is 22.5. The molecular formula is C37H42N2O6+2. The predicted octanol–water partition coefficient (Wildman–Crippen LogP) is 5.28. The van der Waals surface area contributed by atoms with Gasteiger partial charge in [-0.05, 0) is 64.7 Å². The molecule has 45 heavy (non-hydrogen) atoms. The number of hydrogen-bond donors (Lipinski definition) is 3. The summed E-state index contributed by atoms with van der Waals surface area (Å²) in [6.07, 6.45) is 3.24. The minimum Gasteiger partial charge on any atom is -0.504 e. The maximum absolute atomic E-state index is 11.5. The Morgan fingerprint density at radius 3 is 2.29 bits per heavy atom. The van der Waals surface area contributed by atoms with E-state index in [0.717, 1.165) is 49.0 Å². The number of phenolic OH excluding ortho intramolecular Hbond substituents is 2. The molecule has 0 amide bonds. The van der Waals surface area contributed by atoms with Crippen LogP contribution in [0.25, 0.3) is 0 Å². The molecule has 3 unspecified atom stereocenters. The minimum atomic E-state index is -0.0475. The third kappa shape index (κ3) is 5.22. The largest absolute Gasteiger partial charge is 0.504 e. The van der Waals surface area contributed by atoms with Crippen molar-refractivity contribution in [2.45, 2.75) is 37.8 Å². The summed E-state index contributed by atoms with van der Waals surface area (Å²) in [4.78, 5) is 1.43. The van der Waals surface area contributed by atoms with Gasteiger partial charge in [0.1, 0.15) is 17.8 Å². The molecule has 4 aromatic carbocycles. The summed E-state index contributed by atoms with van der Waals surface area (Å²) in [6.45, 7) is 1.92. The van der Waals surface area contributed by atoms with E-state index in [2.05, 4.69) is 45.4 Å². The Hall–Kier alpha value is -4.40. The highest BCUT2D eigenvalue weighted by Gasteiger charge is 2.41. The summed E-state index contributed by atoms with van der Waals surface area (Å²) in [7, 11) is 9.90. The molecule has 0 spiro atoms. The van der Waals surface area contributed by atoms with Gasteiger partial charge in [0.2, 0.25) is 5.75 Å². The lowest BCUT2D eigenvalue weighted by molar-refractivity contribution is -0.923. The maximum atomic E-state index is 11.5. The molecule has 0 radical (unpaired) electrons. The summed E-state index contributed by atoms with van der Waals surface area (Å²) in [6, 6.07) is 20.1. The average molecular weight is 611 g/mol. The normalized spacial score (nSPS) is 21.4. The van der Waals surface area contributed by atoms with Crippen LogP contribution in [0.4, 0.5) is 0 Å². The quantitative estimate of drug-likeness (QED) is 0.268. The number of fused-ring (bicyclic) bond motifs is 2. The highest BCUT2D eigenvalue weighted by atomic mass is 16.5. The van der Waals surface area contributed by atoms with Crippen LogP contribution >= 0.6 is 0 Å². The Labute approximate surface area is 264 Å². The van der Waals surface area contributed by atoms with Crippen LogP contribution in [-0.2, 0) is 25.7 Å². The van der Waals surface area contributed by atoms with E-state index in [1.807, 2.05) is 30.3 Å². The molecule has 4 aliphatic heterocycles. The van der Waals surface area contributed by atoms with Crippen molar-refractivity contribution < 1.29 is 38.5 Å². The smallest absolute Gasteiger partial charge is 0.201 e. The highest BCUT2D eigenvalue weighted by Crippen LogP contribution is 2.51. The van der Waals surface area contributed by atoms with Crippen LogP contribution in [0, 0.1) is 0 Å². The van der Waals surface area contributed by atoms with Gasteiger partial charge in [-0.15, -0.1) is 0 Å². The number of phenols is 2. The Morgan fingerprint density at radius 2 is 1.53 bits per heavy atom. The number of quaternary nitrogens is 2. The van der Waals surface area contributed by atoms with E-state index in [0.29, 0.717) is 45.4 Å². The molecule has 0 aromatic heterocycles. The molecule has 8 heteroatoms. The number of methoxy groups -OCH3 is 2. The Morgan fingerprint density at radius 1 is 0.800 bits per heavy atom. The van der Waals surface area contributed by atoms with Gasteiger partial charge in [0.25, 0.3) is 0 Å². The van der Waals surface area contributed by atoms with Gasteiger partial charge in [0, 0.05) is 31.2 Å². The number of hydrogen-bond acceptors (Lipinski definition) is 6. The van der Waals surface area contributed by atoms with E-state index < -0.39 is 0 Å². The molecular weight excluding hydrogens is 568 g/mol. The summed E-state index contributed by atoms with van der Waals surface area (Å²) < 4.78 is 25.2. The number of benzene rings is 4. The van der Waals surface area contributed by atoms with Gasteiger partial charge < -0.3 is 38.5 Å². The van der Waals surface area contributed by atoms with Crippen molar-refractivity contribution in [3.8, 4) is 46.0 Å². The van der Waals surface area contributed by atoms with Crippen LogP contribution < -0.4 is 23.8 Å². The number of ether oxygens (including phenoxy) is 4. The van der Waals surface area contributed by atoms with Crippen LogP contribution in [-0.4, -0.2) is 63.1 Å². The van der Waals surface area contributed by atoms with Crippen molar-refractivity contribution in [2.24, 2.45) is 0 Å². The third-order valence-electron chi connectivity index (χ3n) is 10.1. The van der Waals surface area contributed by atoms with Crippen LogP contribution in [0.15, 0.2) is 60.7 Å². The molecule has 4 heterocycles. The molecule has 6 bridgehead atoms. The van der Waals surface area contributed by atoms with Crippen molar-refractivity contribution in [3.05, 3.63) is 94.0 Å². The van der Waals surface area contributed by atoms with E-state index in [-0.39, 0.29) is 23.6 Å². The molecule has 234 valence electrons. The zero-order valence-corrected chi connectivity index (χ0v) is 26.6. The fourth-order valence-electron chi connectivity index (χ4n) is 7.39. The zero-order chi connectivity index (χ0) is 31.5. The van der Waals surface area contributed by atoms with Crippen LogP contribution in [0.2, 0.25) is 0 Å². The number of rotatable bonds is 2. The lowest BCUT2D eigenvalue weighted by atomic mass is 9.86. The van der Waals surface area contributed by atoms with Crippen LogP contribution in [0.1, 0.15) is 45.5 Å². The zero-order valence-electron chi connectivity index (χ0n) is 26.6. The number of aromatic hydroxyl groups is 2. The topological polar surface area (TPSA) is 81.8 Å². The molecule has 4 aliphatic rings. The van der Waals surface area contributed by atoms with E-state index >= 15 is 0 Å². The number of nitrogens with zero attached hydrogens (tertiary/aromatic N) is 1. The van der Waals surface area contributed by atoms with Gasteiger partial charge in [-0.25, -0.2) is 0 Å². The standard InChI is InChI=1S/C37H40N2O6/c1-38-14-12-24-19-32(42-4)33-21-27(24)28(38)16-22-6-9-26(10-7-22)44-37-35-25(20-34(43-5)36(37)41)13-15-39(2,3)29(35)17-23-8-11-30(40)31(18-23)45-33/h6-11,18-21,28-29H,12-17H2,1-5H3,(H-,40,41)/p+2. The fraction of sp³-hybridized carbons (Fsp3) is 0.351. The maximum Gasteiger partial charge on any atom is 0.201 e. The first kappa shape index (κ1) is 29.3. The van der Waals surface area contributed by atoms with Gasteiger partial charge in [-0.1, -0.05) is 18.2 Å². The van der Waals surface area contributed by atoms with Crippen molar-refractivity contribution in [1.29, 1.82) is 0 Å². The summed E-state index contributed by atoms with van der Waals surface area (Å²) in [5.41, 5.74) is 6.75. The second kappa shape index (κ2) is 11.2. The minimum absolute atomic E-state index is 0.00176. The van der Waals surface area contributed by atoms with Crippen molar-refractivity contribution in [3.63, 3.8) is 0 Å². The summed E-state index contributed by atoms with van der Waals surface area (Å²) in [5.74, 6) is 3.20. The van der Waals surface area contributed by atoms with Crippen molar-refractivity contribution >= 4 is 0 Å². The number of nitrogens with one attached hydrogen (secondary N) is 1. The van der Waals surface area contributed by atoms with Gasteiger partial charge in [-0.2, -0.15) is 0 Å². The van der Waals surface area contributed by atoms with E-state index in [1.165, 1.54) is 21.6 Å². The molecule has 4 aromatic rings. The number of likely N-dealkylation sites (N-methyl/N-ethyl adjacent to an activating group) is 2. The first-order chi connectivity index (χ1) is 21.6. The first-order valence-corrected chi connectivity index (χ1v) is 15.7. The van der Waals surface area contributed by atoms with Crippen LogP contribution in [0.5, 0.6) is 46.0 Å². The second-order valence-electron chi connectivity index (χ2n) is 13.3. The van der Waals surface area contributed by atoms with Gasteiger partial charge >= 0.3 is 0 Å². The first-order valence-electron chi connectivity index (χ1n) is 15.7.